The number of pyridine rings is 1. The first kappa shape index (κ1) is 15.3. The van der Waals surface area contributed by atoms with Gasteiger partial charge in [-0.2, -0.15) is 0 Å². The van der Waals surface area contributed by atoms with Crippen molar-refractivity contribution in [2.75, 3.05) is 18.4 Å². The molecule has 23 heavy (non-hydrogen) atoms. The third kappa shape index (κ3) is 3.41. The molecule has 2 aromatic rings. The van der Waals surface area contributed by atoms with E-state index in [9.17, 15) is 9.59 Å². The molecule has 1 aromatic heterocycles. The summed E-state index contributed by atoms with van der Waals surface area (Å²) in [4.78, 5) is 30.1. The number of likely N-dealkylation sites (tertiary alicyclic amines) is 1. The highest BCUT2D eigenvalue weighted by molar-refractivity contribution is 6.00. The van der Waals surface area contributed by atoms with Crippen LogP contribution in [0.2, 0.25) is 0 Å². The fourth-order valence-corrected chi connectivity index (χ4v) is 2.91. The van der Waals surface area contributed by atoms with Crippen molar-refractivity contribution >= 4 is 28.5 Å². The van der Waals surface area contributed by atoms with Crippen LogP contribution in [-0.4, -0.2) is 41.0 Å². The molecule has 120 valence electrons. The molecule has 1 unspecified atom stereocenters. The summed E-state index contributed by atoms with van der Waals surface area (Å²) < 4.78 is 0. The molecule has 0 spiro atoms. The van der Waals surface area contributed by atoms with Crippen LogP contribution in [0.5, 0.6) is 0 Å². The van der Waals surface area contributed by atoms with Gasteiger partial charge in [0.2, 0.25) is 5.91 Å². The molecule has 2 heterocycles. The van der Waals surface area contributed by atoms with Crippen LogP contribution >= 0.6 is 0 Å². The number of benzene rings is 1. The quantitative estimate of drug-likeness (QED) is 0.910. The molecule has 1 aliphatic heterocycles. The second kappa shape index (κ2) is 6.64. The maximum Gasteiger partial charge on any atom is 0.319 e. The summed E-state index contributed by atoms with van der Waals surface area (Å²) in [6.45, 7) is 3.36. The van der Waals surface area contributed by atoms with Crippen LogP contribution in [0, 0.1) is 0 Å². The Bertz CT molecular complexity index is 726. The summed E-state index contributed by atoms with van der Waals surface area (Å²) >= 11 is 0. The molecule has 1 fully saturated rings. The van der Waals surface area contributed by atoms with Gasteiger partial charge < -0.3 is 15.5 Å². The van der Waals surface area contributed by atoms with Crippen LogP contribution in [0.4, 0.5) is 10.5 Å². The number of hydrogen-bond donors (Lipinski definition) is 2. The minimum absolute atomic E-state index is 0.103. The molecule has 1 aromatic carbocycles. The SMILES string of the molecule is CCCN1CC(NC(=O)Nc2cccc3ncccc23)CC1=O. The number of carbonyl (C=O) groups excluding carboxylic acids is 2. The molecule has 6 nitrogen and oxygen atoms in total. The molecule has 0 radical (unpaired) electrons. The van der Waals surface area contributed by atoms with Gasteiger partial charge in [-0.3, -0.25) is 9.78 Å². The van der Waals surface area contributed by atoms with E-state index in [1.807, 2.05) is 37.3 Å². The maximum atomic E-state index is 12.2. The third-order valence-corrected chi connectivity index (χ3v) is 3.94. The number of anilines is 1. The van der Waals surface area contributed by atoms with Crippen molar-refractivity contribution < 1.29 is 9.59 Å². The van der Waals surface area contributed by atoms with Crippen molar-refractivity contribution in [1.29, 1.82) is 0 Å². The predicted octanol–water partition coefficient (Wildman–Crippen LogP) is 2.37. The highest BCUT2D eigenvalue weighted by Gasteiger charge is 2.29. The van der Waals surface area contributed by atoms with Gasteiger partial charge in [0.15, 0.2) is 0 Å². The van der Waals surface area contributed by atoms with E-state index in [0.717, 1.165) is 23.9 Å². The van der Waals surface area contributed by atoms with Crippen molar-refractivity contribution in [2.45, 2.75) is 25.8 Å². The number of nitrogens with zero attached hydrogens (tertiary/aromatic N) is 2. The van der Waals surface area contributed by atoms with Gasteiger partial charge in [0.25, 0.3) is 0 Å². The van der Waals surface area contributed by atoms with Crippen molar-refractivity contribution in [3.05, 3.63) is 36.5 Å². The fraction of sp³-hybridized carbons (Fsp3) is 0.353. The third-order valence-electron chi connectivity index (χ3n) is 3.94. The van der Waals surface area contributed by atoms with E-state index in [1.54, 1.807) is 11.1 Å². The monoisotopic (exact) mass is 312 g/mol. The molecule has 0 bridgehead atoms. The van der Waals surface area contributed by atoms with E-state index >= 15 is 0 Å². The lowest BCUT2D eigenvalue weighted by Gasteiger charge is -2.16. The van der Waals surface area contributed by atoms with E-state index < -0.39 is 0 Å². The first-order valence-corrected chi connectivity index (χ1v) is 7.86. The van der Waals surface area contributed by atoms with Crippen LogP contribution in [0.1, 0.15) is 19.8 Å². The van der Waals surface area contributed by atoms with Crippen LogP contribution in [0.15, 0.2) is 36.5 Å². The molecule has 0 aliphatic carbocycles. The number of hydrogen-bond acceptors (Lipinski definition) is 3. The molecule has 1 saturated heterocycles. The lowest BCUT2D eigenvalue weighted by Crippen LogP contribution is -2.39. The summed E-state index contributed by atoms with van der Waals surface area (Å²) in [7, 11) is 0. The zero-order chi connectivity index (χ0) is 16.2. The van der Waals surface area contributed by atoms with Gasteiger partial charge >= 0.3 is 6.03 Å². The molecule has 3 amide bonds. The van der Waals surface area contributed by atoms with Crippen molar-refractivity contribution in [3.63, 3.8) is 0 Å². The second-order valence-corrected chi connectivity index (χ2v) is 5.71. The van der Waals surface area contributed by atoms with E-state index in [-0.39, 0.29) is 18.0 Å². The van der Waals surface area contributed by atoms with Crippen molar-refractivity contribution in [2.24, 2.45) is 0 Å². The van der Waals surface area contributed by atoms with Gasteiger partial charge in [0.1, 0.15) is 0 Å². The van der Waals surface area contributed by atoms with E-state index in [0.29, 0.717) is 18.7 Å². The minimum atomic E-state index is -0.294. The van der Waals surface area contributed by atoms with Gasteiger partial charge in [-0.05, 0) is 30.7 Å². The molecule has 6 heteroatoms. The minimum Gasteiger partial charge on any atom is -0.341 e. The van der Waals surface area contributed by atoms with E-state index in [1.165, 1.54) is 0 Å². The first-order chi connectivity index (χ1) is 11.2. The lowest BCUT2D eigenvalue weighted by molar-refractivity contribution is -0.127. The number of fused-ring (bicyclic) bond motifs is 1. The predicted molar refractivity (Wildman–Crippen MR) is 89.2 cm³/mol. The van der Waals surface area contributed by atoms with Gasteiger partial charge in [-0.15, -0.1) is 0 Å². The van der Waals surface area contributed by atoms with Crippen LogP contribution < -0.4 is 10.6 Å². The average molecular weight is 312 g/mol. The zero-order valence-electron chi connectivity index (χ0n) is 13.1. The first-order valence-electron chi connectivity index (χ1n) is 7.86. The highest BCUT2D eigenvalue weighted by Crippen LogP contribution is 2.21. The van der Waals surface area contributed by atoms with Gasteiger partial charge in [0.05, 0.1) is 17.2 Å². The summed E-state index contributed by atoms with van der Waals surface area (Å²) in [6.07, 6.45) is 3.01. The Morgan fingerprint density at radius 1 is 1.35 bits per heavy atom. The Morgan fingerprint density at radius 3 is 3.04 bits per heavy atom. The lowest BCUT2D eigenvalue weighted by atomic mass is 10.2. The van der Waals surface area contributed by atoms with Crippen molar-refractivity contribution in [1.82, 2.24) is 15.2 Å². The molecular formula is C17H20N4O2. The zero-order valence-corrected chi connectivity index (χ0v) is 13.1. The Morgan fingerprint density at radius 2 is 2.22 bits per heavy atom. The molecule has 3 rings (SSSR count). The molecule has 1 atom stereocenters. The maximum absolute atomic E-state index is 12.2. The summed E-state index contributed by atoms with van der Waals surface area (Å²) in [6, 6.07) is 8.92. The number of nitrogens with one attached hydrogen (secondary N) is 2. The topological polar surface area (TPSA) is 74.3 Å². The number of urea groups is 1. The Kier molecular flexibility index (Phi) is 4.41. The molecular weight excluding hydrogens is 292 g/mol. The van der Waals surface area contributed by atoms with Gasteiger partial charge in [-0.1, -0.05) is 13.0 Å². The highest BCUT2D eigenvalue weighted by atomic mass is 16.2. The Hall–Kier alpha value is -2.63. The van der Waals surface area contributed by atoms with Crippen molar-refractivity contribution in [3.8, 4) is 0 Å². The Balaban J connectivity index is 1.64. The van der Waals surface area contributed by atoms with Gasteiger partial charge in [-0.25, -0.2) is 4.79 Å². The number of amides is 3. The standard InChI is InChI=1S/C17H20N4O2/c1-2-9-21-11-12(10-16(21)22)19-17(23)20-15-7-3-6-14-13(15)5-4-8-18-14/h3-8,12H,2,9-11H2,1H3,(H2,19,20,23). The number of carbonyl (C=O) groups is 2. The molecule has 0 saturated carbocycles. The smallest absolute Gasteiger partial charge is 0.319 e. The second-order valence-electron chi connectivity index (χ2n) is 5.71. The van der Waals surface area contributed by atoms with Crippen LogP contribution in [0.25, 0.3) is 10.9 Å². The number of aromatic nitrogens is 1. The number of rotatable bonds is 4. The van der Waals surface area contributed by atoms with Crippen LogP contribution in [0.3, 0.4) is 0 Å². The molecule has 2 N–H and O–H groups in total. The van der Waals surface area contributed by atoms with E-state index in [4.69, 9.17) is 0 Å². The largest absolute Gasteiger partial charge is 0.341 e. The summed E-state index contributed by atoms with van der Waals surface area (Å²) in [5, 5.41) is 6.62. The fourth-order valence-electron chi connectivity index (χ4n) is 2.91. The normalized spacial score (nSPS) is 17.5. The molecule has 1 aliphatic rings. The summed E-state index contributed by atoms with van der Waals surface area (Å²) in [5.41, 5.74) is 1.54. The van der Waals surface area contributed by atoms with Gasteiger partial charge in [0, 0.05) is 31.1 Å². The Labute approximate surface area is 134 Å². The van der Waals surface area contributed by atoms with Crippen LogP contribution in [-0.2, 0) is 4.79 Å². The summed E-state index contributed by atoms with van der Waals surface area (Å²) in [5.74, 6) is 0.103. The average Bonchev–Trinajstić information content (AvgIpc) is 2.87. The van der Waals surface area contributed by atoms with E-state index in [2.05, 4.69) is 15.6 Å².